The van der Waals surface area contributed by atoms with Gasteiger partial charge in [-0.15, -0.1) is 0 Å². The summed E-state index contributed by atoms with van der Waals surface area (Å²) in [6.45, 7) is 11.6. The van der Waals surface area contributed by atoms with Gasteiger partial charge in [0.2, 0.25) is 0 Å². The number of hydrogen-bond acceptors (Lipinski definition) is 7. The zero-order valence-corrected chi connectivity index (χ0v) is 23.0. The SMILES string of the molecule is CCOc1ccc(C2C(=C(O)c3ccc4c(c3)CC(C)O4)C(=O)C(=O)N2CCCN(CC)CC)cc1OC. The number of likely N-dealkylation sites (tertiary alicyclic amines) is 1. The van der Waals surface area contributed by atoms with Crippen molar-refractivity contribution in [1.82, 2.24) is 9.80 Å². The molecule has 8 nitrogen and oxygen atoms in total. The van der Waals surface area contributed by atoms with Crippen LogP contribution in [0.25, 0.3) is 5.76 Å². The molecule has 1 saturated heterocycles. The van der Waals surface area contributed by atoms with Gasteiger partial charge in [-0.25, -0.2) is 0 Å². The Morgan fingerprint density at radius 3 is 2.55 bits per heavy atom. The lowest BCUT2D eigenvalue weighted by Crippen LogP contribution is -2.33. The maximum atomic E-state index is 13.4. The van der Waals surface area contributed by atoms with Crippen LogP contribution in [0.5, 0.6) is 17.2 Å². The number of amides is 1. The first-order chi connectivity index (χ1) is 18.3. The minimum absolute atomic E-state index is 0.0510. The Morgan fingerprint density at radius 1 is 1.11 bits per heavy atom. The molecular formula is C30H38N2O6. The second kappa shape index (κ2) is 11.9. The fourth-order valence-corrected chi connectivity index (χ4v) is 5.32. The normalized spacial score (nSPS) is 20.1. The van der Waals surface area contributed by atoms with Crippen molar-refractivity contribution in [2.45, 2.75) is 52.7 Å². The van der Waals surface area contributed by atoms with E-state index in [1.807, 2.05) is 32.0 Å². The molecule has 2 aliphatic rings. The van der Waals surface area contributed by atoms with Crippen molar-refractivity contribution in [2.24, 2.45) is 0 Å². The predicted molar refractivity (Wildman–Crippen MR) is 146 cm³/mol. The van der Waals surface area contributed by atoms with Crippen LogP contribution in [0.2, 0.25) is 0 Å². The highest BCUT2D eigenvalue weighted by molar-refractivity contribution is 6.46. The highest BCUT2D eigenvalue weighted by atomic mass is 16.5. The van der Waals surface area contributed by atoms with Crippen molar-refractivity contribution in [3.63, 3.8) is 0 Å². The smallest absolute Gasteiger partial charge is 0.295 e. The van der Waals surface area contributed by atoms with Crippen LogP contribution in [0.1, 0.15) is 56.8 Å². The lowest BCUT2D eigenvalue weighted by molar-refractivity contribution is -0.140. The number of ketones is 1. The van der Waals surface area contributed by atoms with Gasteiger partial charge in [-0.05, 0) is 81.4 Å². The molecule has 8 heteroatoms. The number of nitrogens with zero attached hydrogens (tertiary/aromatic N) is 2. The number of carbonyl (C=O) groups is 2. The molecule has 0 spiro atoms. The topological polar surface area (TPSA) is 88.5 Å². The Kier molecular flexibility index (Phi) is 8.62. The second-order valence-corrected chi connectivity index (χ2v) is 9.67. The number of rotatable bonds is 11. The number of methoxy groups -OCH3 is 1. The quantitative estimate of drug-likeness (QED) is 0.263. The van der Waals surface area contributed by atoms with E-state index < -0.39 is 17.7 Å². The fourth-order valence-electron chi connectivity index (χ4n) is 5.32. The largest absolute Gasteiger partial charge is 0.507 e. The first-order valence-electron chi connectivity index (χ1n) is 13.4. The third kappa shape index (κ3) is 5.36. The van der Waals surface area contributed by atoms with Crippen LogP contribution in [0.3, 0.4) is 0 Å². The summed E-state index contributed by atoms with van der Waals surface area (Å²) >= 11 is 0. The third-order valence-electron chi connectivity index (χ3n) is 7.28. The lowest BCUT2D eigenvalue weighted by Gasteiger charge is -2.27. The summed E-state index contributed by atoms with van der Waals surface area (Å²) in [6.07, 6.45) is 1.47. The Morgan fingerprint density at radius 2 is 1.87 bits per heavy atom. The molecule has 1 fully saturated rings. The number of carbonyl (C=O) groups excluding carboxylic acids is 2. The first-order valence-corrected chi connectivity index (χ1v) is 13.4. The van der Waals surface area contributed by atoms with E-state index >= 15 is 0 Å². The van der Waals surface area contributed by atoms with Crippen LogP contribution in [0, 0.1) is 0 Å². The highest BCUT2D eigenvalue weighted by Gasteiger charge is 2.46. The Bertz CT molecular complexity index is 1220. The number of aliphatic hydroxyl groups excluding tert-OH is 1. The van der Waals surface area contributed by atoms with Gasteiger partial charge in [0.1, 0.15) is 17.6 Å². The average Bonchev–Trinajstić information content (AvgIpc) is 3.42. The Labute approximate surface area is 224 Å². The lowest BCUT2D eigenvalue weighted by atomic mass is 9.94. The number of benzene rings is 2. The maximum absolute atomic E-state index is 13.4. The highest BCUT2D eigenvalue weighted by Crippen LogP contribution is 2.42. The molecule has 4 rings (SSSR count). The van der Waals surface area contributed by atoms with E-state index in [4.69, 9.17) is 14.2 Å². The molecular weight excluding hydrogens is 484 g/mol. The molecule has 2 atom stereocenters. The zero-order chi connectivity index (χ0) is 27.4. The van der Waals surface area contributed by atoms with E-state index in [9.17, 15) is 14.7 Å². The van der Waals surface area contributed by atoms with Crippen molar-refractivity contribution in [3.8, 4) is 17.2 Å². The number of aliphatic hydroxyl groups is 1. The van der Waals surface area contributed by atoms with Gasteiger partial charge in [-0.1, -0.05) is 19.9 Å². The zero-order valence-electron chi connectivity index (χ0n) is 23.0. The van der Waals surface area contributed by atoms with Gasteiger partial charge in [-0.2, -0.15) is 0 Å². The fraction of sp³-hybridized carbons (Fsp3) is 0.467. The maximum Gasteiger partial charge on any atom is 0.295 e. The van der Waals surface area contributed by atoms with E-state index in [2.05, 4.69) is 18.7 Å². The number of Topliss-reactive ketones (excluding diaryl/α,β-unsaturated/α-hetero) is 1. The van der Waals surface area contributed by atoms with Gasteiger partial charge < -0.3 is 29.1 Å². The summed E-state index contributed by atoms with van der Waals surface area (Å²) in [4.78, 5) is 30.6. The van der Waals surface area contributed by atoms with Gasteiger partial charge in [0, 0.05) is 18.5 Å². The van der Waals surface area contributed by atoms with Crippen molar-refractivity contribution < 1.29 is 28.9 Å². The minimum Gasteiger partial charge on any atom is -0.507 e. The summed E-state index contributed by atoms with van der Waals surface area (Å²) in [5.41, 5.74) is 2.21. The molecule has 2 unspecified atom stereocenters. The third-order valence-corrected chi connectivity index (χ3v) is 7.28. The molecule has 2 aromatic carbocycles. The van der Waals surface area contributed by atoms with E-state index in [1.165, 1.54) is 0 Å². The molecule has 2 aromatic rings. The predicted octanol–water partition coefficient (Wildman–Crippen LogP) is 4.57. The molecule has 0 radical (unpaired) electrons. The van der Waals surface area contributed by atoms with E-state index in [-0.39, 0.29) is 17.4 Å². The van der Waals surface area contributed by atoms with E-state index in [1.54, 1.807) is 30.2 Å². The van der Waals surface area contributed by atoms with Crippen LogP contribution in [0.15, 0.2) is 42.0 Å². The van der Waals surface area contributed by atoms with E-state index in [0.29, 0.717) is 42.2 Å². The van der Waals surface area contributed by atoms with Crippen LogP contribution < -0.4 is 14.2 Å². The van der Waals surface area contributed by atoms with Crippen molar-refractivity contribution >= 4 is 17.4 Å². The standard InChI is InChI=1S/C30H38N2O6/c1-6-31(7-2)14-9-15-32-27(20-10-13-24(37-8-3)25(18-20)36-5)26(29(34)30(32)35)28(33)21-11-12-23-22(17-21)16-19(4)38-23/h10-13,17-19,27,33H,6-9,14-16H2,1-5H3. The molecule has 2 aliphatic heterocycles. The van der Waals surface area contributed by atoms with Crippen molar-refractivity contribution in [2.75, 3.05) is 39.9 Å². The summed E-state index contributed by atoms with van der Waals surface area (Å²) in [6, 6.07) is 10.0. The molecule has 1 N–H and O–H groups in total. The van der Waals surface area contributed by atoms with E-state index in [0.717, 1.165) is 37.4 Å². The first kappa shape index (κ1) is 27.5. The van der Waals surface area contributed by atoms with Gasteiger partial charge in [0.15, 0.2) is 11.5 Å². The van der Waals surface area contributed by atoms with Gasteiger partial charge in [-0.3, -0.25) is 9.59 Å². The molecule has 1 amide bonds. The van der Waals surface area contributed by atoms with Gasteiger partial charge in [0.05, 0.1) is 25.3 Å². The van der Waals surface area contributed by atoms with Gasteiger partial charge >= 0.3 is 0 Å². The summed E-state index contributed by atoms with van der Waals surface area (Å²) in [7, 11) is 1.55. The number of fused-ring (bicyclic) bond motifs is 1. The molecule has 2 heterocycles. The summed E-state index contributed by atoms with van der Waals surface area (Å²) < 4.78 is 17.0. The van der Waals surface area contributed by atoms with Crippen molar-refractivity contribution in [3.05, 3.63) is 58.7 Å². The molecule has 0 aromatic heterocycles. The van der Waals surface area contributed by atoms with Crippen molar-refractivity contribution in [1.29, 1.82) is 0 Å². The Hall–Kier alpha value is -3.52. The Balaban J connectivity index is 1.78. The van der Waals surface area contributed by atoms with Crippen LogP contribution in [-0.4, -0.2) is 72.6 Å². The number of ether oxygens (including phenoxy) is 3. The number of hydrogen-bond donors (Lipinski definition) is 1. The van der Waals surface area contributed by atoms with Gasteiger partial charge in [0.25, 0.3) is 11.7 Å². The van der Waals surface area contributed by atoms with Crippen LogP contribution >= 0.6 is 0 Å². The van der Waals surface area contributed by atoms with Crippen LogP contribution in [-0.2, 0) is 16.0 Å². The molecule has 0 saturated carbocycles. The summed E-state index contributed by atoms with van der Waals surface area (Å²) in [5.74, 6) is 0.371. The second-order valence-electron chi connectivity index (χ2n) is 9.67. The molecule has 38 heavy (non-hydrogen) atoms. The minimum atomic E-state index is -0.750. The molecule has 0 bridgehead atoms. The molecule has 0 aliphatic carbocycles. The van der Waals surface area contributed by atoms with Crippen LogP contribution in [0.4, 0.5) is 0 Å². The average molecular weight is 523 g/mol. The summed E-state index contributed by atoms with van der Waals surface area (Å²) in [5, 5.41) is 11.5. The molecule has 204 valence electrons. The monoisotopic (exact) mass is 522 g/mol.